The van der Waals surface area contributed by atoms with Gasteiger partial charge in [0.25, 0.3) is 5.91 Å². The Morgan fingerprint density at radius 1 is 1.00 bits per heavy atom. The fraction of sp³-hybridized carbons (Fsp3) is 0.160. The van der Waals surface area contributed by atoms with Crippen molar-refractivity contribution in [3.05, 3.63) is 94.5 Å². The number of amides is 1. The minimum atomic E-state index is -0.585. The van der Waals surface area contributed by atoms with Gasteiger partial charge in [0.05, 0.1) is 19.6 Å². The number of hydrazone groups is 1. The molecule has 33 heavy (non-hydrogen) atoms. The minimum Gasteiger partial charge on any atom is -0.497 e. The molecule has 2 aliphatic heterocycles. The highest BCUT2D eigenvalue weighted by Gasteiger charge is 2.35. The Labute approximate surface area is 195 Å². The van der Waals surface area contributed by atoms with Crippen molar-refractivity contribution in [2.75, 3.05) is 14.2 Å². The van der Waals surface area contributed by atoms with E-state index in [1.807, 2.05) is 72.8 Å². The number of fused-ring (bicyclic) bond motifs is 2. The van der Waals surface area contributed by atoms with E-state index in [1.54, 1.807) is 19.2 Å². The Kier molecular flexibility index (Phi) is 5.75. The molecule has 0 saturated heterocycles. The number of thioether (sulfide) groups is 1. The molecule has 2 aliphatic rings. The highest BCUT2D eigenvalue weighted by molar-refractivity contribution is 8.13. The normalized spacial score (nSPS) is 16.7. The molecule has 0 radical (unpaired) electrons. The zero-order valence-electron chi connectivity index (χ0n) is 18.2. The summed E-state index contributed by atoms with van der Waals surface area (Å²) >= 11 is 1.47. The Bertz CT molecular complexity index is 1360. The third-order valence-corrected chi connectivity index (χ3v) is 6.38. The molecule has 8 heteroatoms. The average molecular weight is 459 g/mol. The van der Waals surface area contributed by atoms with Crippen molar-refractivity contribution in [1.29, 1.82) is 0 Å². The lowest BCUT2D eigenvalue weighted by molar-refractivity contribution is -0.116. The standard InChI is InChI=1S/C25H22N4O3S/c1-31-17-12-13-21(32-2)19(14-17)23-26-20-11-7-6-10-18(20)22-24(30)27-25(28-29(22)23)33-15-16-8-4-3-5-9-16/h3-14,23H,15H2,1-2H3,(H,27,28,30)/t23-/m0/s1. The van der Waals surface area contributed by atoms with Crippen molar-refractivity contribution in [3.8, 4) is 11.5 Å². The summed E-state index contributed by atoms with van der Waals surface area (Å²) in [7, 11) is 3.22. The zero-order valence-corrected chi connectivity index (χ0v) is 19.0. The lowest BCUT2D eigenvalue weighted by Crippen LogP contribution is -2.50. The van der Waals surface area contributed by atoms with Crippen LogP contribution in [0, 0.1) is 0 Å². The van der Waals surface area contributed by atoms with E-state index in [4.69, 9.17) is 19.6 Å². The summed E-state index contributed by atoms with van der Waals surface area (Å²) in [4.78, 5) is 18.2. The molecule has 3 aromatic rings. The molecular formula is C25H22N4O3S. The number of para-hydroxylation sites is 1. The van der Waals surface area contributed by atoms with Gasteiger partial charge >= 0.3 is 0 Å². The number of carbonyl (C=O) groups is 1. The molecule has 0 saturated carbocycles. The first-order chi connectivity index (χ1) is 16.2. The highest BCUT2D eigenvalue weighted by Crippen LogP contribution is 2.37. The Morgan fingerprint density at radius 2 is 1.79 bits per heavy atom. The second kappa shape index (κ2) is 8.99. The molecule has 3 aromatic carbocycles. The smallest absolute Gasteiger partial charge is 0.276 e. The quantitative estimate of drug-likeness (QED) is 0.636. The number of carbonyl (C=O) groups excluding carboxylic acids is 1. The van der Waals surface area contributed by atoms with Gasteiger partial charge in [-0.2, -0.15) is 0 Å². The molecule has 0 fully saturated rings. The Hall–Kier alpha value is -3.78. The first-order valence-corrected chi connectivity index (χ1v) is 11.4. The number of nitrogens with one attached hydrogen (secondary N) is 1. The summed E-state index contributed by atoms with van der Waals surface area (Å²) in [5.41, 5.74) is 2.36. The van der Waals surface area contributed by atoms with Crippen LogP contribution >= 0.6 is 11.8 Å². The molecule has 0 unspecified atom stereocenters. The summed E-state index contributed by atoms with van der Waals surface area (Å²) < 4.78 is 11.1. The third kappa shape index (κ3) is 4.05. The first kappa shape index (κ1) is 21.1. The van der Waals surface area contributed by atoms with Crippen molar-refractivity contribution >= 4 is 28.5 Å². The number of benzene rings is 3. The summed E-state index contributed by atoms with van der Waals surface area (Å²) in [5, 5.41) is 11.4. The van der Waals surface area contributed by atoms with Gasteiger partial charge in [0.15, 0.2) is 11.3 Å². The Morgan fingerprint density at radius 3 is 2.58 bits per heavy atom. The maximum absolute atomic E-state index is 13.3. The topological polar surface area (TPSA) is 75.5 Å². The Balaban J connectivity index is 1.62. The van der Waals surface area contributed by atoms with Crippen molar-refractivity contribution in [3.63, 3.8) is 0 Å². The van der Waals surface area contributed by atoms with E-state index < -0.39 is 6.17 Å². The molecule has 1 amide bonds. The van der Waals surface area contributed by atoms with E-state index in [9.17, 15) is 4.79 Å². The van der Waals surface area contributed by atoms with Crippen LogP contribution in [0.4, 0.5) is 0 Å². The second-order valence-electron chi connectivity index (χ2n) is 7.45. The largest absolute Gasteiger partial charge is 0.497 e. The van der Waals surface area contributed by atoms with Gasteiger partial charge < -0.3 is 9.47 Å². The number of ether oxygens (including phenoxy) is 2. The lowest BCUT2D eigenvalue weighted by atomic mass is 10.1. The van der Waals surface area contributed by atoms with Crippen molar-refractivity contribution < 1.29 is 14.3 Å². The predicted molar refractivity (Wildman–Crippen MR) is 128 cm³/mol. The number of amidine groups is 1. The molecular weight excluding hydrogens is 436 g/mol. The van der Waals surface area contributed by atoms with Gasteiger partial charge in [-0.3, -0.25) is 15.1 Å². The van der Waals surface area contributed by atoms with Gasteiger partial charge in [-0.05, 0) is 29.8 Å². The van der Waals surface area contributed by atoms with Crippen LogP contribution < -0.4 is 25.4 Å². The predicted octanol–water partition coefficient (Wildman–Crippen LogP) is 2.78. The average Bonchev–Trinajstić information content (AvgIpc) is 2.87. The van der Waals surface area contributed by atoms with Gasteiger partial charge in [-0.25, -0.2) is 5.01 Å². The third-order valence-electron chi connectivity index (χ3n) is 5.45. The van der Waals surface area contributed by atoms with E-state index in [2.05, 4.69) is 5.32 Å². The molecule has 0 bridgehead atoms. The lowest BCUT2D eigenvalue weighted by Gasteiger charge is -2.34. The number of nitrogens with zero attached hydrogens (tertiary/aromatic N) is 3. The monoisotopic (exact) mass is 458 g/mol. The maximum atomic E-state index is 13.3. The van der Waals surface area contributed by atoms with Crippen LogP contribution in [0.1, 0.15) is 17.3 Å². The van der Waals surface area contributed by atoms with Crippen LogP contribution in [0.5, 0.6) is 11.5 Å². The van der Waals surface area contributed by atoms with E-state index in [1.165, 1.54) is 11.8 Å². The van der Waals surface area contributed by atoms with Crippen LogP contribution in [-0.4, -0.2) is 30.3 Å². The molecule has 0 spiro atoms. The van der Waals surface area contributed by atoms with Crippen molar-refractivity contribution in [1.82, 2.24) is 10.3 Å². The number of methoxy groups -OCH3 is 2. The number of rotatable bonds is 5. The molecule has 166 valence electrons. The summed E-state index contributed by atoms with van der Waals surface area (Å²) in [5.74, 6) is 1.78. The number of hydrogen-bond donors (Lipinski definition) is 1. The first-order valence-electron chi connectivity index (χ1n) is 10.4. The van der Waals surface area contributed by atoms with E-state index in [0.29, 0.717) is 28.1 Å². The van der Waals surface area contributed by atoms with Crippen molar-refractivity contribution in [2.24, 2.45) is 10.1 Å². The van der Waals surface area contributed by atoms with Crippen LogP contribution in [0.2, 0.25) is 0 Å². The van der Waals surface area contributed by atoms with Crippen LogP contribution in [0.25, 0.3) is 5.70 Å². The molecule has 7 nitrogen and oxygen atoms in total. The molecule has 0 aromatic heterocycles. The SMILES string of the molecule is COc1ccc(OC)c([C@H]2N=c3ccccc3=C3C(=O)NC(SCc4ccccc4)=NN32)c1. The van der Waals surface area contributed by atoms with E-state index in [-0.39, 0.29) is 5.91 Å². The van der Waals surface area contributed by atoms with Crippen LogP contribution in [0.15, 0.2) is 82.9 Å². The van der Waals surface area contributed by atoms with Gasteiger partial charge in [-0.1, -0.05) is 60.3 Å². The highest BCUT2D eigenvalue weighted by atomic mass is 32.2. The fourth-order valence-corrected chi connectivity index (χ4v) is 4.67. The fourth-order valence-electron chi connectivity index (χ4n) is 3.86. The maximum Gasteiger partial charge on any atom is 0.276 e. The van der Waals surface area contributed by atoms with Crippen LogP contribution in [-0.2, 0) is 10.5 Å². The van der Waals surface area contributed by atoms with E-state index >= 15 is 0 Å². The molecule has 0 aliphatic carbocycles. The summed E-state index contributed by atoms with van der Waals surface area (Å²) in [6.45, 7) is 0. The van der Waals surface area contributed by atoms with Gasteiger partial charge in [0.1, 0.15) is 17.2 Å². The molecule has 1 N–H and O–H groups in total. The second-order valence-corrected chi connectivity index (χ2v) is 8.42. The van der Waals surface area contributed by atoms with Crippen LogP contribution in [0.3, 0.4) is 0 Å². The van der Waals surface area contributed by atoms with Gasteiger partial charge in [0, 0.05) is 16.5 Å². The van der Waals surface area contributed by atoms with E-state index in [0.717, 1.165) is 21.7 Å². The number of hydrogen-bond acceptors (Lipinski definition) is 7. The summed E-state index contributed by atoms with van der Waals surface area (Å²) in [6.07, 6.45) is -0.585. The van der Waals surface area contributed by atoms with Crippen molar-refractivity contribution in [2.45, 2.75) is 11.9 Å². The molecule has 1 atom stereocenters. The van der Waals surface area contributed by atoms with Gasteiger partial charge in [0.2, 0.25) is 0 Å². The zero-order chi connectivity index (χ0) is 22.8. The molecule has 5 rings (SSSR count). The minimum absolute atomic E-state index is 0.213. The molecule has 2 heterocycles. The van der Waals surface area contributed by atoms with Gasteiger partial charge in [-0.15, -0.1) is 5.10 Å². The summed E-state index contributed by atoms with van der Waals surface area (Å²) in [6, 6.07) is 23.2.